The number of carbonyl (C=O) groups excluding carboxylic acids is 1. The first-order chi connectivity index (χ1) is 11.6. The van der Waals surface area contributed by atoms with Crippen LogP contribution in [0.5, 0.6) is 0 Å². The van der Waals surface area contributed by atoms with Crippen LogP contribution < -0.4 is 16.2 Å². The smallest absolute Gasteiger partial charge is 0.253 e. The third-order valence-electron chi connectivity index (χ3n) is 4.18. The highest BCUT2D eigenvalue weighted by molar-refractivity contribution is 6.31. The Balaban J connectivity index is 1.77. The molecule has 2 N–H and O–H groups in total. The van der Waals surface area contributed by atoms with E-state index in [1.165, 1.54) is 10.6 Å². The van der Waals surface area contributed by atoms with Gasteiger partial charge in [0.1, 0.15) is 0 Å². The first kappa shape index (κ1) is 16.7. The second-order valence-corrected chi connectivity index (χ2v) is 6.40. The van der Waals surface area contributed by atoms with Gasteiger partial charge in [-0.05, 0) is 37.1 Å². The van der Waals surface area contributed by atoms with Crippen molar-refractivity contribution in [3.63, 3.8) is 0 Å². The van der Waals surface area contributed by atoms with E-state index < -0.39 is 0 Å². The largest absolute Gasteiger partial charge is 0.348 e. The number of amides is 1. The van der Waals surface area contributed by atoms with E-state index in [9.17, 15) is 9.59 Å². The van der Waals surface area contributed by atoms with Crippen molar-refractivity contribution in [3.8, 4) is 0 Å². The average Bonchev–Trinajstić information content (AvgIpc) is 2.59. The van der Waals surface area contributed by atoms with Gasteiger partial charge in [-0.25, -0.2) is 0 Å². The molecule has 1 aromatic heterocycles. The second-order valence-electron chi connectivity index (χ2n) is 5.99. The highest BCUT2D eigenvalue weighted by Crippen LogP contribution is 2.15. The van der Waals surface area contributed by atoms with E-state index >= 15 is 0 Å². The van der Waals surface area contributed by atoms with Gasteiger partial charge in [-0.1, -0.05) is 29.8 Å². The van der Waals surface area contributed by atoms with Crippen LogP contribution >= 0.6 is 11.6 Å². The van der Waals surface area contributed by atoms with E-state index in [4.69, 9.17) is 11.6 Å². The summed E-state index contributed by atoms with van der Waals surface area (Å²) < 4.78 is 1.51. The topological polar surface area (TPSA) is 63.1 Å². The summed E-state index contributed by atoms with van der Waals surface area (Å²) in [6, 6.07) is 10.5. The number of carbonyl (C=O) groups is 1. The maximum absolute atomic E-state index is 12.4. The summed E-state index contributed by atoms with van der Waals surface area (Å²) >= 11 is 6.16. The molecule has 126 valence electrons. The first-order valence-corrected chi connectivity index (χ1v) is 8.47. The van der Waals surface area contributed by atoms with E-state index in [-0.39, 0.29) is 17.5 Å². The third-order valence-corrected chi connectivity index (χ3v) is 4.55. The van der Waals surface area contributed by atoms with E-state index in [0.29, 0.717) is 17.1 Å². The summed E-state index contributed by atoms with van der Waals surface area (Å²) in [6.45, 7) is 2.12. The molecule has 1 atom stereocenters. The number of hydrogen-bond donors (Lipinski definition) is 2. The number of pyridine rings is 1. The van der Waals surface area contributed by atoms with Crippen molar-refractivity contribution in [2.45, 2.75) is 25.4 Å². The lowest BCUT2D eigenvalue weighted by Crippen LogP contribution is -2.45. The molecular weight excluding hydrogens is 326 g/mol. The number of rotatable bonds is 4. The molecule has 1 aromatic carbocycles. The Morgan fingerprint density at radius 1 is 1.29 bits per heavy atom. The van der Waals surface area contributed by atoms with E-state index in [2.05, 4.69) is 10.6 Å². The first-order valence-electron chi connectivity index (χ1n) is 8.09. The van der Waals surface area contributed by atoms with Crippen LogP contribution in [-0.4, -0.2) is 29.6 Å². The van der Waals surface area contributed by atoms with Crippen LogP contribution in [0.2, 0.25) is 5.02 Å². The molecule has 1 aliphatic rings. The normalized spacial score (nSPS) is 17.5. The molecule has 0 aliphatic carbocycles. The van der Waals surface area contributed by atoms with Gasteiger partial charge in [0.25, 0.3) is 11.5 Å². The minimum absolute atomic E-state index is 0.134. The Morgan fingerprint density at radius 2 is 2.12 bits per heavy atom. The number of nitrogens with zero attached hydrogens (tertiary/aromatic N) is 1. The quantitative estimate of drug-likeness (QED) is 0.891. The monoisotopic (exact) mass is 345 g/mol. The number of halogens is 1. The molecule has 1 aliphatic heterocycles. The van der Waals surface area contributed by atoms with Gasteiger partial charge in [-0.3, -0.25) is 9.59 Å². The summed E-state index contributed by atoms with van der Waals surface area (Å²) in [7, 11) is 0. The molecule has 0 unspecified atom stereocenters. The molecule has 1 saturated heterocycles. The highest BCUT2D eigenvalue weighted by Gasteiger charge is 2.17. The van der Waals surface area contributed by atoms with Gasteiger partial charge >= 0.3 is 0 Å². The number of aromatic nitrogens is 1. The molecule has 1 fully saturated rings. The van der Waals surface area contributed by atoms with Gasteiger partial charge in [0.2, 0.25) is 0 Å². The zero-order valence-corrected chi connectivity index (χ0v) is 14.1. The number of benzene rings is 1. The van der Waals surface area contributed by atoms with E-state index in [1.807, 2.05) is 18.2 Å². The van der Waals surface area contributed by atoms with Crippen molar-refractivity contribution in [1.82, 2.24) is 15.2 Å². The molecule has 5 nitrogen and oxygen atoms in total. The molecule has 3 rings (SSSR count). The number of nitrogens with one attached hydrogen (secondary N) is 2. The molecule has 0 bridgehead atoms. The van der Waals surface area contributed by atoms with Crippen molar-refractivity contribution < 1.29 is 4.79 Å². The van der Waals surface area contributed by atoms with E-state index in [0.717, 1.165) is 31.5 Å². The van der Waals surface area contributed by atoms with Crippen molar-refractivity contribution in [2.75, 3.05) is 13.1 Å². The predicted octanol–water partition coefficient (Wildman–Crippen LogP) is 2.03. The average molecular weight is 346 g/mol. The Bertz CT molecular complexity index is 782. The Labute approximate surface area is 145 Å². The zero-order valence-electron chi connectivity index (χ0n) is 13.3. The van der Waals surface area contributed by atoms with Crippen LogP contribution in [0.15, 0.2) is 47.4 Å². The van der Waals surface area contributed by atoms with Crippen LogP contribution in [0.25, 0.3) is 0 Å². The maximum atomic E-state index is 12.4. The lowest BCUT2D eigenvalue weighted by Gasteiger charge is -2.23. The minimum atomic E-state index is -0.161. The lowest BCUT2D eigenvalue weighted by atomic mass is 10.1. The van der Waals surface area contributed by atoms with Gasteiger partial charge in [-0.15, -0.1) is 0 Å². The van der Waals surface area contributed by atoms with Gasteiger partial charge in [0.05, 0.1) is 12.1 Å². The molecular formula is C18H20ClN3O2. The second kappa shape index (κ2) is 7.64. The summed E-state index contributed by atoms with van der Waals surface area (Å²) in [4.78, 5) is 24.5. The summed E-state index contributed by atoms with van der Waals surface area (Å²) in [5.41, 5.74) is 1.16. The van der Waals surface area contributed by atoms with E-state index in [1.54, 1.807) is 18.3 Å². The van der Waals surface area contributed by atoms with Gasteiger partial charge < -0.3 is 15.2 Å². The molecule has 2 heterocycles. The fraction of sp³-hybridized carbons (Fsp3) is 0.333. The molecule has 2 aromatic rings. The van der Waals surface area contributed by atoms with Crippen LogP contribution in [-0.2, 0) is 6.54 Å². The van der Waals surface area contributed by atoms with Gasteiger partial charge in [-0.2, -0.15) is 0 Å². The number of piperidine rings is 1. The van der Waals surface area contributed by atoms with Crippen LogP contribution in [0, 0.1) is 0 Å². The van der Waals surface area contributed by atoms with Crippen molar-refractivity contribution in [2.24, 2.45) is 0 Å². The maximum Gasteiger partial charge on any atom is 0.253 e. The molecule has 6 heteroatoms. The Morgan fingerprint density at radius 3 is 2.88 bits per heavy atom. The fourth-order valence-electron chi connectivity index (χ4n) is 2.84. The summed E-state index contributed by atoms with van der Waals surface area (Å²) in [5.74, 6) is -0.156. The SMILES string of the molecule is O=C(N[C@H]1CCCNC1)c1ccc(=O)n(Cc2ccccc2Cl)c1. The molecule has 0 spiro atoms. The standard InChI is InChI=1S/C18H20ClN3O2/c19-16-6-2-1-4-13(16)11-22-12-14(7-8-17(22)23)18(24)21-15-5-3-9-20-10-15/h1-2,4,6-8,12,15,20H,3,5,9-11H2,(H,21,24)/t15-/m0/s1. The van der Waals surface area contributed by atoms with Crippen LogP contribution in [0.3, 0.4) is 0 Å². The molecule has 1 amide bonds. The lowest BCUT2D eigenvalue weighted by molar-refractivity contribution is 0.0930. The molecule has 24 heavy (non-hydrogen) atoms. The molecule has 0 radical (unpaired) electrons. The number of hydrogen-bond acceptors (Lipinski definition) is 3. The predicted molar refractivity (Wildman–Crippen MR) is 94.6 cm³/mol. The van der Waals surface area contributed by atoms with Crippen molar-refractivity contribution in [1.29, 1.82) is 0 Å². The minimum Gasteiger partial charge on any atom is -0.348 e. The van der Waals surface area contributed by atoms with Crippen molar-refractivity contribution >= 4 is 17.5 Å². The summed E-state index contributed by atoms with van der Waals surface area (Å²) in [6.07, 6.45) is 3.62. The molecule has 0 saturated carbocycles. The van der Waals surface area contributed by atoms with Crippen LogP contribution in [0.1, 0.15) is 28.8 Å². The summed E-state index contributed by atoms with van der Waals surface area (Å²) in [5, 5.41) is 6.88. The van der Waals surface area contributed by atoms with Gasteiger partial charge in [0.15, 0.2) is 0 Å². The highest BCUT2D eigenvalue weighted by atomic mass is 35.5. The fourth-order valence-corrected chi connectivity index (χ4v) is 3.04. The van der Waals surface area contributed by atoms with Gasteiger partial charge in [0, 0.05) is 29.9 Å². The Hall–Kier alpha value is -2.11. The Kier molecular flexibility index (Phi) is 5.33. The van der Waals surface area contributed by atoms with Crippen molar-refractivity contribution in [3.05, 3.63) is 69.1 Å². The van der Waals surface area contributed by atoms with Crippen LogP contribution in [0.4, 0.5) is 0 Å². The third kappa shape index (κ3) is 4.04. The zero-order chi connectivity index (χ0) is 16.9.